The van der Waals surface area contributed by atoms with E-state index in [0.717, 1.165) is 22.7 Å². The fraction of sp³-hybridized carbons (Fsp3) is 0.615. The van der Waals surface area contributed by atoms with Crippen LogP contribution in [0.4, 0.5) is 4.79 Å². The van der Waals surface area contributed by atoms with Crippen LogP contribution in [-0.2, 0) is 11.3 Å². The van der Waals surface area contributed by atoms with Crippen LogP contribution in [0.5, 0.6) is 0 Å². The summed E-state index contributed by atoms with van der Waals surface area (Å²) < 4.78 is 0. The molecule has 1 aliphatic heterocycles. The summed E-state index contributed by atoms with van der Waals surface area (Å²) in [4.78, 5) is 29.6. The quantitative estimate of drug-likeness (QED) is 0.888. The first-order chi connectivity index (χ1) is 9.54. The molecule has 0 aromatic carbocycles. The average Bonchev–Trinajstić information content (AvgIpc) is 2.82. The molecule has 6 nitrogen and oxygen atoms in total. The van der Waals surface area contributed by atoms with Gasteiger partial charge in [0.1, 0.15) is 0 Å². The normalized spacial score (nSPS) is 16.1. The molecule has 7 heteroatoms. The molecule has 0 atom stereocenters. The van der Waals surface area contributed by atoms with Gasteiger partial charge in [-0.3, -0.25) is 4.79 Å². The van der Waals surface area contributed by atoms with Gasteiger partial charge in [0.2, 0.25) is 0 Å². The van der Waals surface area contributed by atoms with Crippen LogP contribution in [-0.4, -0.2) is 40.1 Å². The van der Waals surface area contributed by atoms with Gasteiger partial charge in [-0.25, -0.2) is 9.78 Å². The zero-order valence-corrected chi connectivity index (χ0v) is 12.3. The summed E-state index contributed by atoms with van der Waals surface area (Å²) in [6.45, 7) is 3.69. The first-order valence-electron chi connectivity index (χ1n) is 6.70. The molecule has 0 saturated carbocycles. The number of aliphatic carboxylic acids is 1. The molecule has 2 amide bonds. The lowest BCUT2D eigenvalue weighted by Crippen LogP contribution is -2.44. The number of aromatic nitrogens is 1. The van der Waals surface area contributed by atoms with Crippen LogP contribution >= 0.6 is 11.3 Å². The number of piperidine rings is 1. The number of hydrogen-bond acceptors (Lipinski definition) is 4. The number of thiazole rings is 1. The van der Waals surface area contributed by atoms with Crippen molar-refractivity contribution in [3.63, 3.8) is 0 Å². The number of likely N-dealkylation sites (tertiary alicyclic amines) is 1. The van der Waals surface area contributed by atoms with Gasteiger partial charge in [-0.15, -0.1) is 11.3 Å². The van der Waals surface area contributed by atoms with Crippen LogP contribution in [0.2, 0.25) is 0 Å². The molecule has 2 N–H and O–H groups in total. The van der Waals surface area contributed by atoms with Gasteiger partial charge in [-0.2, -0.15) is 0 Å². The average molecular weight is 297 g/mol. The second kappa shape index (κ2) is 6.69. The molecule has 2 rings (SSSR count). The minimum Gasteiger partial charge on any atom is -0.481 e. The van der Waals surface area contributed by atoms with E-state index in [-0.39, 0.29) is 18.4 Å². The van der Waals surface area contributed by atoms with E-state index in [2.05, 4.69) is 10.3 Å². The number of carbonyl (C=O) groups is 2. The van der Waals surface area contributed by atoms with Gasteiger partial charge in [0, 0.05) is 30.6 Å². The summed E-state index contributed by atoms with van der Waals surface area (Å²) in [6, 6.07) is -0.0789. The number of aryl methyl sites for hydroxylation is 1. The molecular weight excluding hydrogens is 278 g/mol. The first-order valence-corrected chi connectivity index (χ1v) is 7.52. The van der Waals surface area contributed by atoms with Crippen molar-refractivity contribution in [1.29, 1.82) is 0 Å². The summed E-state index contributed by atoms with van der Waals surface area (Å²) in [5.74, 6) is -0.561. The Kier molecular flexibility index (Phi) is 4.94. The number of carboxylic acids is 1. The van der Waals surface area contributed by atoms with E-state index in [9.17, 15) is 9.59 Å². The second-order valence-electron chi connectivity index (χ2n) is 5.03. The van der Waals surface area contributed by atoms with Crippen molar-refractivity contribution in [3.05, 3.63) is 16.1 Å². The largest absolute Gasteiger partial charge is 0.481 e. The minimum absolute atomic E-state index is 0.0789. The van der Waals surface area contributed by atoms with Crippen molar-refractivity contribution in [2.75, 3.05) is 13.1 Å². The predicted octanol–water partition coefficient (Wildman–Crippen LogP) is 1.85. The maximum atomic E-state index is 12.0. The molecule has 20 heavy (non-hydrogen) atoms. The lowest BCUT2D eigenvalue weighted by atomic mass is 9.94. The van der Waals surface area contributed by atoms with E-state index in [1.807, 2.05) is 6.92 Å². The Labute approximate surface area is 121 Å². The summed E-state index contributed by atoms with van der Waals surface area (Å²) in [7, 11) is 0. The van der Waals surface area contributed by atoms with Crippen molar-refractivity contribution in [2.45, 2.75) is 32.7 Å². The molecule has 1 aromatic heterocycles. The fourth-order valence-electron chi connectivity index (χ4n) is 2.35. The van der Waals surface area contributed by atoms with E-state index in [1.54, 1.807) is 22.4 Å². The monoisotopic (exact) mass is 297 g/mol. The highest BCUT2D eigenvalue weighted by Crippen LogP contribution is 2.20. The number of rotatable bonds is 4. The third-order valence-electron chi connectivity index (χ3n) is 3.45. The lowest BCUT2D eigenvalue weighted by Gasteiger charge is -2.31. The summed E-state index contributed by atoms with van der Waals surface area (Å²) >= 11 is 1.57. The van der Waals surface area contributed by atoms with Crippen molar-refractivity contribution < 1.29 is 14.7 Å². The van der Waals surface area contributed by atoms with E-state index in [0.29, 0.717) is 19.6 Å². The zero-order valence-electron chi connectivity index (χ0n) is 11.5. The molecule has 0 spiro atoms. The third-order valence-corrected chi connectivity index (χ3v) is 4.36. The summed E-state index contributed by atoms with van der Waals surface area (Å²) in [6.07, 6.45) is 3.51. The highest BCUT2D eigenvalue weighted by Gasteiger charge is 2.24. The molecular formula is C13H19N3O3S. The lowest BCUT2D eigenvalue weighted by molar-refractivity contribution is -0.138. The number of amides is 2. The van der Waals surface area contributed by atoms with Gasteiger partial charge in [0.25, 0.3) is 0 Å². The number of carboxylic acid groups (broad SMARTS) is 1. The van der Waals surface area contributed by atoms with Crippen LogP contribution < -0.4 is 5.32 Å². The highest BCUT2D eigenvalue weighted by atomic mass is 32.1. The van der Waals surface area contributed by atoms with E-state index in [4.69, 9.17) is 5.11 Å². The molecule has 1 fully saturated rings. The second-order valence-corrected chi connectivity index (χ2v) is 6.35. The Morgan fingerprint density at radius 2 is 2.20 bits per heavy atom. The number of hydrogen-bond donors (Lipinski definition) is 2. The van der Waals surface area contributed by atoms with Crippen molar-refractivity contribution in [2.24, 2.45) is 5.92 Å². The number of nitrogens with one attached hydrogen (secondary N) is 1. The molecule has 0 bridgehead atoms. The number of carbonyl (C=O) groups excluding carboxylic acids is 1. The molecule has 0 unspecified atom stereocenters. The Morgan fingerprint density at radius 1 is 1.50 bits per heavy atom. The first kappa shape index (κ1) is 14.8. The SMILES string of the molecule is Cc1ncc(CNC(=O)N2CCC(CC(=O)O)CC2)s1. The van der Waals surface area contributed by atoms with Crippen LogP contribution in [0.15, 0.2) is 6.20 Å². The van der Waals surface area contributed by atoms with Crippen molar-refractivity contribution >= 4 is 23.3 Å². The zero-order chi connectivity index (χ0) is 14.5. The predicted molar refractivity (Wildman–Crippen MR) is 75.6 cm³/mol. The van der Waals surface area contributed by atoms with Gasteiger partial charge in [-0.05, 0) is 25.7 Å². The molecule has 0 radical (unpaired) electrons. The van der Waals surface area contributed by atoms with E-state index >= 15 is 0 Å². The summed E-state index contributed by atoms with van der Waals surface area (Å²) in [5, 5.41) is 12.6. The summed E-state index contributed by atoms with van der Waals surface area (Å²) in [5.41, 5.74) is 0. The third kappa shape index (κ3) is 4.19. The van der Waals surface area contributed by atoms with E-state index < -0.39 is 5.97 Å². The van der Waals surface area contributed by atoms with Gasteiger partial charge in [0.15, 0.2) is 0 Å². The molecule has 1 aliphatic rings. The van der Waals surface area contributed by atoms with Gasteiger partial charge >= 0.3 is 12.0 Å². The molecule has 1 aromatic rings. The Morgan fingerprint density at radius 3 is 2.75 bits per heavy atom. The smallest absolute Gasteiger partial charge is 0.317 e. The fourth-order valence-corrected chi connectivity index (χ4v) is 3.08. The maximum absolute atomic E-state index is 12.0. The van der Waals surface area contributed by atoms with Crippen molar-refractivity contribution in [1.82, 2.24) is 15.2 Å². The van der Waals surface area contributed by atoms with Gasteiger partial charge in [0.05, 0.1) is 11.6 Å². The number of urea groups is 1. The van der Waals surface area contributed by atoms with Crippen LogP contribution in [0.3, 0.4) is 0 Å². The standard InChI is InChI=1S/C13H19N3O3S/c1-9-14-7-11(20-9)8-15-13(19)16-4-2-10(3-5-16)6-12(17)18/h7,10H,2-6,8H2,1H3,(H,15,19)(H,17,18). The van der Waals surface area contributed by atoms with Gasteiger partial charge in [-0.1, -0.05) is 0 Å². The Balaban J connectivity index is 1.73. The van der Waals surface area contributed by atoms with Crippen LogP contribution in [0.1, 0.15) is 29.1 Å². The Bertz CT molecular complexity index is 481. The molecule has 0 aliphatic carbocycles. The van der Waals surface area contributed by atoms with Crippen LogP contribution in [0.25, 0.3) is 0 Å². The van der Waals surface area contributed by atoms with Crippen molar-refractivity contribution in [3.8, 4) is 0 Å². The molecule has 1 saturated heterocycles. The Hall–Kier alpha value is -1.63. The topological polar surface area (TPSA) is 82.5 Å². The van der Waals surface area contributed by atoms with Crippen LogP contribution in [0, 0.1) is 12.8 Å². The molecule has 110 valence electrons. The number of nitrogens with zero attached hydrogens (tertiary/aromatic N) is 2. The highest BCUT2D eigenvalue weighted by molar-refractivity contribution is 7.11. The molecule has 2 heterocycles. The maximum Gasteiger partial charge on any atom is 0.317 e. The van der Waals surface area contributed by atoms with Gasteiger partial charge < -0.3 is 15.3 Å². The van der Waals surface area contributed by atoms with E-state index in [1.165, 1.54) is 0 Å². The minimum atomic E-state index is -0.756.